The van der Waals surface area contributed by atoms with Gasteiger partial charge in [0.2, 0.25) is 0 Å². The number of benzene rings is 1. The fourth-order valence-electron chi connectivity index (χ4n) is 0.982. The topological polar surface area (TPSA) is 41.8 Å². The summed E-state index contributed by atoms with van der Waals surface area (Å²) in [4.78, 5) is 11.2. The fourth-order valence-corrected chi connectivity index (χ4v) is 1.17. The Morgan fingerprint density at radius 2 is 1.81 bits per heavy atom. The van der Waals surface area contributed by atoms with E-state index in [9.17, 15) is 4.79 Å². The van der Waals surface area contributed by atoms with Crippen LogP contribution in [0.3, 0.4) is 0 Å². The van der Waals surface area contributed by atoms with Crippen molar-refractivity contribution in [2.24, 2.45) is 10.2 Å². The zero-order valence-electron chi connectivity index (χ0n) is 8.65. The van der Waals surface area contributed by atoms with Gasteiger partial charge in [-0.25, -0.2) is 0 Å². The van der Waals surface area contributed by atoms with Crippen LogP contribution in [0.25, 0.3) is 0 Å². The lowest BCUT2D eigenvalue weighted by Crippen LogP contribution is -2.08. The smallest absolute Gasteiger partial charge is 0.273 e. The van der Waals surface area contributed by atoms with Crippen molar-refractivity contribution in [1.82, 2.24) is 0 Å². The van der Waals surface area contributed by atoms with Crippen LogP contribution in [0.5, 0.6) is 0 Å². The Labute approximate surface area is 104 Å². The third-order valence-corrected chi connectivity index (χ3v) is 2.31. The number of carbonyl (C=O) groups excluding carboxylic acids is 1. The average Bonchev–Trinajstić information content (AvgIpc) is 2.30. The first-order chi connectivity index (χ1) is 7.65. The summed E-state index contributed by atoms with van der Waals surface area (Å²) in [7, 11) is 0. The second kappa shape index (κ2) is 6.40. The predicted molar refractivity (Wildman–Crippen MR) is 67.4 cm³/mol. The molecular weight excluding hydrogens is 247 g/mol. The minimum atomic E-state index is -0.657. The highest BCUT2D eigenvalue weighted by atomic mass is 35.5. The SMILES string of the molecule is CCC(Cl)=NN=C(C(=O)Cl)c1ccccc1. The van der Waals surface area contributed by atoms with Crippen molar-refractivity contribution in [2.45, 2.75) is 13.3 Å². The molecule has 16 heavy (non-hydrogen) atoms. The normalized spacial score (nSPS) is 12.7. The van der Waals surface area contributed by atoms with Gasteiger partial charge < -0.3 is 0 Å². The Morgan fingerprint density at radius 3 is 2.31 bits per heavy atom. The molecule has 0 aliphatic carbocycles. The average molecular weight is 257 g/mol. The third kappa shape index (κ3) is 3.76. The summed E-state index contributed by atoms with van der Waals surface area (Å²) in [5.41, 5.74) is 0.709. The highest BCUT2D eigenvalue weighted by Gasteiger charge is 2.10. The van der Waals surface area contributed by atoms with Crippen molar-refractivity contribution in [2.75, 3.05) is 0 Å². The lowest BCUT2D eigenvalue weighted by Gasteiger charge is -1.98. The largest absolute Gasteiger partial charge is 0.274 e. The molecule has 0 heterocycles. The van der Waals surface area contributed by atoms with Crippen LogP contribution in [0.1, 0.15) is 18.9 Å². The lowest BCUT2D eigenvalue weighted by molar-refractivity contribution is -0.106. The molecule has 0 aliphatic heterocycles. The van der Waals surface area contributed by atoms with E-state index >= 15 is 0 Å². The van der Waals surface area contributed by atoms with Gasteiger partial charge in [0.05, 0.1) is 0 Å². The van der Waals surface area contributed by atoms with E-state index in [1.165, 1.54) is 0 Å². The molecule has 1 aromatic carbocycles. The monoisotopic (exact) mass is 256 g/mol. The first kappa shape index (κ1) is 12.9. The Hall–Kier alpha value is -1.19. The predicted octanol–water partition coefficient (Wildman–Crippen LogP) is 3.20. The molecule has 1 rings (SSSR count). The van der Waals surface area contributed by atoms with Crippen molar-refractivity contribution in [1.29, 1.82) is 0 Å². The molecule has 3 nitrogen and oxygen atoms in total. The minimum absolute atomic E-state index is 0.0915. The molecule has 84 valence electrons. The van der Waals surface area contributed by atoms with Crippen LogP contribution in [-0.4, -0.2) is 16.1 Å². The number of rotatable bonds is 4. The van der Waals surface area contributed by atoms with Gasteiger partial charge in [0, 0.05) is 5.56 Å². The Morgan fingerprint density at radius 1 is 1.19 bits per heavy atom. The van der Waals surface area contributed by atoms with Crippen LogP contribution >= 0.6 is 23.2 Å². The molecule has 0 aromatic heterocycles. The van der Waals surface area contributed by atoms with Crippen molar-refractivity contribution in [3.63, 3.8) is 0 Å². The van der Waals surface area contributed by atoms with Gasteiger partial charge in [-0.2, -0.15) is 0 Å². The van der Waals surface area contributed by atoms with Crippen LogP contribution < -0.4 is 0 Å². The van der Waals surface area contributed by atoms with E-state index in [-0.39, 0.29) is 5.71 Å². The molecule has 0 aliphatic rings. The number of hydrogen-bond donors (Lipinski definition) is 0. The maximum Gasteiger partial charge on any atom is 0.273 e. The van der Waals surface area contributed by atoms with E-state index in [2.05, 4.69) is 10.2 Å². The van der Waals surface area contributed by atoms with Crippen molar-refractivity contribution in [3.8, 4) is 0 Å². The van der Waals surface area contributed by atoms with Gasteiger partial charge in [-0.05, 0) is 18.0 Å². The van der Waals surface area contributed by atoms with E-state index in [1.807, 2.05) is 13.0 Å². The molecule has 0 fully saturated rings. The number of halogens is 2. The van der Waals surface area contributed by atoms with E-state index in [4.69, 9.17) is 23.2 Å². The second-order valence-electron chi connectivity index (χ2n) is 2.92. The van der Waals surface area contributed by atoms with Crippen molar-refractivity contribution >= 4 is 39.3 Å². The molecule has 0 unspecified atom stereocenters. The second-order valence-corrected chi connectivity index (χ2v) is 3.70. The molecule has 0 spiro atoms. The van der Waals surface area contributed by atoms with E-state index in [0.29, 0.717) is 17.2 Å². The Balaban J connectivity index is 3.06. The number of nitrogens with zero attached hydrogens (tertiary/aromatic N) is 2. The van der Waals surface area contributed by atoms with E-state index in [0.717, 1.165) is 0 Å². The number of carbonyl (C=O) groups is 1. The molecule has 1 aromatic rings. The first-order valence-electron chi connectivity index (χ1n) is 4.70. The zero-order chi connectivity index (χ0) is 12.0. The van der Waals surface area contributed by atoms with Gasteiger partial charge in [0.25, 0.3) is 5.24 Å². The van der Waals surface area contributed by atoms with E-state index in [1.54, 1.807) is 24.3 Å². The summed E-state index contributed by atoms with van der Waals surface area (Å²) >= 11 is 11.1. The van der Waals surface area contributed by atoms with Crippen LogP contribution in [0.15, 0.2) is 40.5 Å². The summed E-state index contributed by atoms with van der Waals surface area (Å²) in [6, 6.07) is 8.87. The fraction of sp³-hybridized carbons (Fsp3) is 0.182. The number of hydrogen-bond acceptors (Lipinski definition) is 3. The summed E-state index contributed by atoms with van der Waals surface area (Å²) in [5.74, 6) is 0. The van der Waals surface area contributed by atoms with Gasteiger partial charge in [0.1, 0.15) is 5.17 Å². The lowest BCUT2D eigenvalue weighted by atomic mass is 10.1. The zero-order valence-corrected chi connectivity index (χ0v) is 10.2. The summed E-state index contributed by atoms with van der Waals surface area (Å²) in [5, 5.41) is 7.13. The maximum absolute atomic E-state index is 11.2. The highest BCUT2D eigenvalue weighted by Crippen LogP contribution is 2.05. The first-order valence-corrected chi connectivity index (χ1v) is 5.46. The molecule has 0 saturated heterocycles. The Bertz CT molecular complexity index is 427. The summed E-state index contributed by atoms with van der Waals surface area (Å²) in [6.07, 6.45) is 0.559. The molecule has 5 heteroatoms. The molecule has 0 amide bonds. The van der Waals surface area contributed by atoms with Crippen LogP contribution in [0, 0.1) is 0 Å². The van der Waals surface area contributed by atoms with Crippen molar-refractivity contribution < 1.29 is 4.79 Å². The quantitative estimate of drug-likeness (QED) is 0.464. The summed E-state index contributed by atoms with van der Waals surface area (Å²) < 4.78 is 0. The summed E-state index contributed by atoms with van der Waals surface area (Å²) in [6.45, 7) is 1.84. The van der Waals surface area contributed by atoms with Crippen LogP contribution in [-0.2, 0) is 4.79 Å². The molecular formula is C11H10Cl2N2O. The van der Waals surface area contributed by atoms with E-state index < -0.39 is 5.24 Å². The van der Waals surface area contributed by atoms with Gasteiger partial charge in [0.15, 0.2) is 5.71 Å². The minimum Gasteiger partial charge on any atom is -0.274 e. The standard InChI is InChI=1S/C11H10Cl2N2O/c1-2-9(12)14-15-10(11(13)16)8-6-4-3-5-7-8/h3-7H,2H2,1H3. The molecule has 0 radical (unpaired) electrons. The maximum atomic E-state index is 11.2. The van der Waals surface area contributed by atoms with Gasteiger partial charge >= 0.3 is 0 Å². The van der Waals surface area contributed by atoms with Crippen molar-refractivity contribution in [3.05, 3.63) is 35.9 Å². The molecule has 0 N–H and O–H groups in total. The molecule has 0 atom stereocenters. The van der Waals surface area contributed by atoms with Gasteiger partial charge in [-0.15, -0.1) is 10.2 Å². The highest BCUT2D eigenvalue weighted by molar-refractivity contribution is 6.84. The third-order valence-electron chi connectivity index (χ3n) is 1.78. The Kier molecular flexibility index (Phi) is 5.15. The van der Waals surface area contributed by atoms with Gasteiger partial charge in [-0.3, -0.25) is 4.79 Å². The molecule has 0 saturated carbocycles. The molecule has 0 bridgehead atoms. The van der Waals surface area contributed by atoms with Crippen LogP contribution in [0.4, 0.5) is 0 Å². The van der Waals surface area contributed by atoms with Crippen LogP contribution in [0.2, 0.25) is 0 Å². The van der Waals surface area contributed by atoms with Gasteiger partial charge in [-0.1, -0.05) is 48.9 Å².